The number of benzene rings is 2. The lowest BCUT2D eigenvalue weighted by Crippen LogP contribution is -2.18. The van der Waals surface area contributed by atoms with Crippen molar-refractivity contribution in [3.05, 3.63) is 70.0 Å². The van der Waals surface area contributed by atoms with Crippen molar-refractivity contribution in [1.29, 1.82) is 0 Å². The Morgan fingerprint density at radius 1 is 0.973 bits per heavy atom. The smallest absolute Gasteiger partial charge is 0.493 e. The van der Waals surface area contributed by atoms with Crippen molar-refractivity contribution in [2.75, 3.05) is 12.4 Å². The molecule has 2 amide bonds. The van der Waals surface area contributed by atoms with E-state index >= 15 is 0 Å². The molecule has 0 saturated heterocycles. The van der Waals surface area contributed by atoms with E-state index in [4.69, 9.17) is 15.2 Å². The number of alkyl halides is 6. The molecule has 0 spiro atoms. The van der Waals surface area contributed by atoms with Gasteiger partial charge in [0, 0.05) is 22.4 Å². The van der Waals surface area contributed by atoms with E-state index in [1.54, 1.807) is 0 Å². The van der Waals surface area contributed by atoms with E-state index in [1.165, 1.54) is 6.07 Å². The maximum absolute atomic E-state index is 13.5. The van der Waals surface area contributed by atoms with Gasteiger partial charge in [-0.25, -0.2) is 0 Å². The van der Waals surface area contributed by atoms with E-state index < -0.39 is 51.5 Å². The Labute approximate surface area is 212 Å². The number of primary amides is 1. The number of pyridine rings is 1. The molecule has 0 saturated carbocycles. The van der Waals surface area contributed by atoms with Gasteiger partial charge in [-0.2, -0.15) is 13.2 Å². The van der Waals surface area contributed by atoms with Crippen LogP contribution in [0.1, 0.15) is 26.4 Å². The number of nitrogens with one attached hydrogen (secondary N) is 1. The Morgan fingerprint density at radius 3 is 2.24 bits per heavy atom. The van der Waals surface area contributed by atoms with Crippen molar-refractivity contribution < 1.29 is 50.1 Å². The number of nitrogens with two attached hydrogens (primary N) is 1. The van der Waals surface area contributed by atoms with Gasteiger partial charge in [0.15, 0.2) is 11.5 Å². The standard InChI is InChI=1S/C22H14BrF6N3O5/c1-35-16-9-11(37-22(27,28)29)2-4-14(16)36-15-5-3-12(21(24,25)26)18(23)17(15)20(34)32-10-6-7-31-13(8-10)19(30)33/h2-9H,1H3,(H2,30,33)(H,31,32,34). The van der Waals surface area contributed by atoms with E-state index in [0.29, 0.717) is 6.07 Å². The number of hydrogen-bond donors (Lipinski definition) is 2. The quantitative estimate of drug-likeness (QED) is 0.329. The summed E-state index contributed by atoms with van der Waals surface area (Å²) in [5.74, 6) is -3.58. The molecule has 0 aliphatic carbocycles. The summed E-state index contributed by atoms with van der Waals surface area (Å²) < 4.78 is 91.9. The number of carbonyl (C=O) groups excluding carboxylic acids is 2. The molecule has 3 rings (SSSR count). The molecule has 0 radical (unpaired) electrons. The third-order valence-corrected chi connectivity index (χ3v) is 5.32. The highest BCUT2D eigenvalue weighted by Crippen LogP contribution is 2.43. The van der Waals surface area contributed by atoms with Crippen molar-refractivity contribution in [1.82, 2.24) is 4.98 Å². The van der Waals surface area contributed by atoms with E-state index in [9.17, 15) is 35.9 Å². The zero-order valence-electron chi connectivity index (χ0n) is 18.3. The second-order valence-corrected chi connectivity index (χ2v) is 7.80. The average molecular weight is 594 g/mol. The van der Waals surface area contributed by atoms with Crippen molar-refractivity contribution in [3.63, 3.8) is 0 Å². The summed E-state index contributed by atoms with van der Waals surface area (Å²) in [4.78, 5) is 28.1. The second-order valence-electron chi connectivity index (χ2n) is 7.01. The number of anilines is 1. The maximum Gasteiger partial charge on any atom is 0.573 e. The van der Waals surface area contributed by atoms with Crippen LogP contribution in [0.4, 0.5) is 32.0 Å². The number of methoxy groups -OCH3 is 1. The lowest BCUT2D eigenvalue weighted by atomic mass is 10.1. The van der Waals surface area contributed by atoms with Crippen LogP contribution in [0.25, 0.3) is 0 Å². The topological polar surface area (TPSA) is 113 Å². The summed E-state index contributed by atoms with van der Waals surface area (Å²) >= 11 is 2.79. The van der Waals surface area contributed by atoms with Crippen molar-refractivity contribution in [2.24, 2.45) is 5.73 Å². The van der Waals surface area contributed by atoms with Crippen LogP contribution in [0.5, 0.6) is 23.0 Å². The highest BCUT2D eigenvalue weighted by Gasteiger charge is 2.36. The summed E-state index contributed by atoms with van der Waals surface area (Å²) in [5.41, 5.74) is 3.08. The van der Waals surface area contributed by atoms with E-state index in [1.807, 2.05) is 0 Å². The van der Waals surface area contributed by atoms with Crippen LogP contribution in [0.15, 0.2) is 53.1 Å². The van der Waals surface area contributed by atoms with E-state index in [2.05, 4.69) is 31.0 Å². The first-order valence-electron chi connectivity index (χ1n) is 9.78. The predicted molar refractivity (Wildman–Crippen MR) is 120 cm³/mol. The monoisotopic (exact) mass is 593 g/mol. The predicted octanol–water partition coefficient (Wildman–Crippen LogP) is 5.91. The molecular formula is C22H14BrF6N3O5. The molecule has 0 aliphatic rings. The SMILES string of the molecule is COc1cc(OC(F)(F)F)ccc1Oc1ccc(C(F)(F)F)c(Br)c1C(=O)Nc1ccnc(C(N)=O)c1. The van der Waals surface area contributed by atoms with Crippen LogP contribution >= 0.6 is 15.9 Å². The summed E-state index contributed by atoms with van der Waals surface area (Å²) in [6.07, 6.45) is -8.71. The molecule has 0 bridgehead atoms. The van der Waals surface area contributed by atoms with Gasteiger partial charge < -0.3 is 25.3 Å². The van der Waals surface area contributed by atoms with Gasteiger partial charge in [-0.15, -0.1) is 13.2 Å². The molecule has 3 aromatic rings. The summed E-state index contributed by atoms with van der Waals surface area (Å²) in [6, 6.07) is 6.58. The molecule has 2 aromatic carbocycles. The fraction of sp³-hybridized carbons (Fsp3) is 0.136. The third kappa shape index (κ3) is 6.81. The lowest BCUT2D eigenvalue weighted by Gasteiger charge is -2.18. The molecule has 1 aromatic heterocycles. The molecule has 0 unspecified atom stereocenters. The number of ether oxygens (including phenoxy) is 3. The van der Waals surface area contributed by atoms with Gasteiger partial charge in [-0.3, -0.25) is 14.6 Å². The molecule has 15 heteroatoms. The number of halogens is 7. The van der Waals surface area contributed by atoms with E-state index in [0.717, 1.165) is 43.6 Å². The second kappa shape index (κ2) is 10.5. The highest BCUT2D eigenvalue weighted by atomic mass is 79.9. The Morgan fingerprint density at radius 2 is 1.65 bits per heavy atom. The molecule has 0 fully saturated rings. The summed E-state index contributed by atoms with van der Waals surface area (Å²) in [6.45, 7) is 0. The number of amides is 2. The maximum atomic E-state index is 13.5. The molecule has 0 aliphatic heterocycles. The average Bonchev–Trinajstić information content (AvgIpc) is 2.78. The molecule has 8 nitrogen and oxygen atoms in total. The van der Waals surface area contributed by atoms with Gasteiger partial charge in [0.2, 0.25) is 0 Å². The normalized spacial score (nSPS) is 11.6. The Kier molecular flexibility index (Phi) is 7.86. The van der Waals surface area contributed by atoms with E-state index in [-0.39, 0.29) is 22.9 Å². The van der Waals surface area contributed by atoms with Gasteiger partial charge in [0.1, 0.15) is 17.2 Å². The van der Waals surface area contributed by atoms with Crippen molar-refractivity contribution >= 4 is 33.4 Å². The van der Waals surface area contributed by atoms with Crippen molar-refractivity contribution in [3.8, 4) is 23.0 Å². The first kappa shape index (κ1) is 27.6. The number of nitrogens with zero attached hydrogens (tertiary/aromatic N) is 1. The first-order valence-corrected chi connectivity index (χ1v) is 10.6. The van der Waals surface area contributed by atoms with Gasteiger partial charge in [0.25, 0.3) is 11.8 Å². The minimum atomic E-state index is -4.99. The van der Waals surface area contributed by atoms with Gasteiger partial charge in [-0.05, 0) is 52.3 Å². The van der Waals surface area contributed by atoms with Crippen LogP contribution < -0.4 is 25.3 Å². The van der Waals surface area contributed by atoms with Gasteiger partial charge in [0.05, 0.1) is 18.2 Å². The number of rotatable bonds is 7. The molecule has 0 atom stereocenters. The number of aromatic nitrogens is 1. The Bertz CT molecular complexity index is 1350. The third-order valence-electron chi connectivity index (χ3n) is 4.50. The van der Waals surface area contributed by atoms with Crippen molar-refractivity contribution in [2.45, 2.75) is 12.5 Å². The minimum Gasteiger partial charge on any atom is -0.493 e. The Balaban J connectivity index is 2.05. The minimum absolute atomic E-state index is 0.0182. The number of hydrogen-bond acceptors (Lipinski definition) is 6. The molecule has 196 valence electrons. The fourth-order valence-electron chi connectivity index (χ4n) is 2.96. The number of carbonyl (C=O) groups is 2. The Hall–Kier alpha value is -4.01. The van der Waals surface area contributed by atoms with Crippen LogP contribution in [0.2, 0.25) is 0 Å². The highest BCUT2D eigenvalue weighted by molar-refractivity contribution is 9.10. The molecule has 37 heavy (non-hydrogen) atoms. The molecule has 3 N–H and O–H groups in total. The van der Waals surface area contributed by atoms with Crippen LogP contribution in [0.3, 0.4) is 0 Å². The van der Waals surface area contributed by atoms with Crippen LogP contribution in [-0.2, 0) is 6.18 Å². The molecular weight excluding hydrogens is 580 g/mol. The summed E-state index contributed by atoms with van der Waals surface area (Å²) in [5, 5.41) is 2.32. The van der Waals surface area contributed by atoms with Crippen LogP contribution in [-0.4, -0.2) is 30.3 Å². The van der Waals surface area contributed by atoms with Crippen LogP contribution in [0, 0.1) is 0 Å². The van der Waals surface area contributed by atoms with Gasteiger partial charge in [-0.1, -0.05) is 0 Å². The zero-order valence-corrected chi connectivity index (χ0v) is 19.9. The lowest BCUT2D eigenvalue weighted by molar-refractivity contribution is -0.274. The zero-order chi connectivity index (χ0) is 27.5. The first-order chi connectivity index (χ1) is 17.2. The largest absolute Gasteiger partial charge is 0.573 e. The fourth-order valence-corrected chi connectivity index (χ4v) is 3.69. The summed E-state index contributed by atoms with van der Waals surface area (Å²) in [7, 11) is 1.11. The molecule has 1 heterocycles. The van der Waals surface area contributed by atoms with Gasteiger partial charge >= 0.3 is 12.5 Å².